The topological polar surface area (TPSA) is 61.4 Å². The van der Waals surface area contributed by atoms with E-state index in [1.54, 1.807) is 4.90 Å². The lowest BCUT2D eigenvalue weighted by atomic mass is 9.99. The normalized spacial score (nSPS) is 20.2. The number of carbonyl (C=O) groups is 2. The van der Waals surface area contributed by atoms with Crippen molar-refractivity contribution in [3.63, 3.8) is 0 Å². The molecule has 1 aliphatic heterocycles. The second-order valence-corrected chi connectivity index (χ2v) is 4.01. The van der Waals surface area contributed by atoms with Crippen molar-refractivity contribution in [2.24, 2.45) is 5.92 Å². The van der Waals surface area contributed by atoms with Crippen LogP contribution >= 0.6 is 0 Å². The number of nitrogens with zero attached hydrogens (tertiary/aromatic N) is 1. The second kappa shape index (κ2) is 6.48. The molecule has 0 bridgehead atoms. The van der Waals surface area contributed by atoms with Gasteiger partial charge in [-0.25, -0.2) is 4.79 Å². The van der Waals surface area contributed by atoms with Gasteiger partial charge in [-0.15, -0.1) is 0 Å². The molecule has 1 atom stereocenters. The summed E-state index contributed by atoms with van der Waals surface area (Å²) in [5.41, 5.74) is 0. The van der Waals surface area contributed by atoms with Crippen molar-refractivity contribution < 1.29 is 9.59 Å². The van der Waals surface area contributed by atoms with Gasteiger partial charge in [0.2, 0.25) is 5.91 Å². The molecule has 5 heteroatoms. The van der Waals surface area contributed by atoms with Gasteiger partial charge in [-0.05, 0) is 33.2 Å². The Balaban J connectivity index is 2.40. The quantitative estimate of drug-likeness (QED) is 0.740. The van der Waals surface area contributed by atoms with Gasteiger partial charge in [0.05, 0.1) is 5.92 Å². The Morgan fingerprint density at radius 1 is 1.38 bits per heavy atom. The van der Waals surface area contributed by atoms with Crippen molar-refractivity contribution in [3.8, 4) is 0 Å². The van der Waals surface area contributed by atoms with Crippen LogP contribution in [0.2, 0.25) is 0 Å². The Labute approximate surface area is 96.6 Å². The van der Waals surface area contributed by atoms with Gasteiger partial charge in [-0.1, -0.05) is 0 Å². The summed E-state index contributed by atoms with van der Waals surface area (Å²) in [5, 5.41) is 5.62. The average molecular weight is 227 g/mol. The molecule has 1 unspecified atom stereocenters. The lowest BCUT2D eigenvalue weighted by Gasteiger charge is -2.24. The van der Waals surface area contributed by atoms with Crippen molar-refractivity contribution in [1.82, 2.24) is 15.5 Å². The fraction of sp³-hybridized carbons (Fsp3) is 0.818. The maximum Gasteiger partial charge on any atom is 0.324 e. The summed E-state index contributed by atoms with van der Waals surface area (Å²) in [6.07, 6.45) is 1.86. The number of rotatable bonds is 3. The molecule has 0 aromatic carbocycles. The molecule has 1 saturated heterocycles. The van der Waals surface area contributed by atoms with E-state index >= 15 is 0 Å². The van der Waals surface area contributed by atoms with E-state index < -0.39 is 0 Å². The largest absolute Gasteiger partial charge is 0.325 e. The van der Waals surface area contributed by atoms with E-state index in [4.69, 9.17) is 0 Å². The Bertz CT molecular complexity index is 246. The van der Waals surface area contributed by atoms with Crippen molar-refractivity contribution >= 4 is 11.9 Å². The summed E-state index contributed by atoms with van der Waals surface area (Å²) < 4.78 is 0. The standard InChI is InChI=1S/C11H21N3O2/c1-3-14(4-2)11(16)13-10(15)9-6-5-7-12-8-9/h9,12H,3-8H2,1-2H3,(H,13,15,16). The Hall–Kier alpha value is -1.10. The SMILES string of the molecule is CCN(CC)C(=O)NC(=O)C1CCCNC1. The Kier molecular flexibility index (Phi) is 5.25. The first-order valence-electron chi connectivity index (χ1n) is 5.99. The first kappa shape index (κ1) is 13.0. The van der Waals surface area contributed by atoms with Gasteiger partial charge in [-0.3, -0.25) is 10.1 Å². The maximum absolute atomic E-state index is 11.7. The predicted molar refractivity (Wildman–Crippen MR) is 62.1 cm³/mol. The monoisotopic (exact) mass is 227 g/mol. The number of nitrogens with one attached hydrogen (secondary N) is 2. The summed E-state index contributed by atoms with van der Waals surface area (Å²) in [6, 6.07) is -0.277. The minimum atomic E-state index is -0.277. The average Bonchev–Trinajstić information content (AvgIpc) is 2.31. The van der Waals surface area contributed by atoms with Crippen LogP contribution in [0.5, 0.6) is 0 Å². The highest BCUT2D eigenvalue weighted by Crippen LogP contribution is 2.09. The summed E-state index contributed by atoms with van der Waals surface area (Å²) in [4.78, 5) is 25.0. The maximum atomic E-state index is 11.7. The van der Waals surface area contributed by atoms with E-state index in [0.29, 0.717) is 19.6 Å². The van der Waals surface area contributed by atoms with Crippen LogP contribution in [-0.4, -0.2) is 43.0 Å². The first-order valence-corrected chi connectivity index (χ1v) is 5.99. The van der Waals surface area contributed by atoms with Gasteiger partial charge in [0.25, 0.3) is 0 Å². The fourth-order valence-electron chi connectivity index (χ4n) is 1.87. The van der Waals surface area contributed by atoms with E-state index in [9.17, 15) is 9.59 Å². The number of hydrogen-bond donors (Lipinski definition) is 2. The predicted octanol–water partition coefficient (Wildman–Crippen LogP) is 0.564. The molecule has 1 aliphatic rings. The molecule has 0 aliphatic carbocycles. The highest BCUT2D eigenvalue weighted by molar-refractivity contribution is 5.95. The molecular weight excluding hydrogens is 206 g/mol. The zero-order chi connectivity index (χ0) is 12.0. The lowest BCUT2D eigenvalue weighted by Crippen LogP contribution is -2.47. The van der Waals surface area contributed by atoms with Gasteiger partial charge >= 0.3 is 6.03 Å². The zero-order valence-electron chi connectivity index (χ0n) is 10.1. The van der Waals surface area contributed by atoms with Crippen LogP contribution in [0.3, 0.4) is 0 Å². The van der Waals surface area contributed by atoms with Gasteiger partial charge in [0.1, 0.15) is 0 Å². The summed E-state index contributed by atoms with van der Waals surface area (Å²) >= 11 is 0. The zero-order valence-corrected chi connectivity index (χ0v) is 10.1. The minimum Gasteiger partial charge on any atom is -0.325 e. The van der Waals surface area contributed by atoms with Crippen molar-refractivity contribution in [1.29, 1.82) is 0 Å². The number of carbonyl (C=O) groups excluding carboxylic acids is 2. The van der Waals surface area contributed by atoms with Gasteiger partial charge in [-0.2, -0.15) is 0 Å². The molecule has 3 amide bonds. The summed E-state index contributed by atoms with van der Waals surface area (Å²) in [6.45, 7) is 6.69. The molecule has 2 N–H and O–H groups in total. The molecular formula is C11H21N3O2. The van der Waals surface area contributed by atoms with Crippen LogP contribution in [0.4, 0.5) is 4.79 Å². The summed E-state index contributed by atoms with van der Waals surface area (Å²) in [7, 11) is 0. The van der Waals surface area contributed by atoms with E-state index in [-0.39, 0.29) is 17.9 Å². The Morgan fingerprint density at radius 2 is 2.06 bits per heavy atom. The number of amides is 3. The van der Waals surface area contributed by atoms with Gasteiger partial charge < -0.3 is 10.2 Å². The summed E-state index contributed by atoms with van der Waals surface area (Å²) in [5.74, 6) is -0.211. The smallest absolute Gasteiger partial charge is 0.324 e. The van der Waals surface area contributed by atoms with E-state index in [1.807, 2.05) is 13.8 Å². The van der Waals surface area contributed by atoms with E-state index in [1.165, 1.54) is 0 Å². The molecule has 0 saturated carbocycles. The molecule has 1 heterocycles. The van der Waals surface area contributed by atoms with Gasteiger partial charge in [0, 0.05) is 19.6 Å². The molecule has 92 valence electrons. The van der Waals surface area contributed by atoms with Gasteiger partial charge in [0.15, 0.2) is 0 Å². The Morgan fingerprint density at radius 3 is 2.56 bits per heavy atom. The molecule has 0 aromatic heterocycles. The van der Waals surface area contributed by atoms with E-state index in [0.717, 1.165) is 19.4 Å². The van der Waals surface area contributed by atoms with Crippen LogP contribution in [-0.2, 0) is 4.79 Å². The first-order chi connectivity index (χ1) is 7.69. The fourth-order valence-corrected chi connectivity index (χ4v) is 1.87. The third-order valence-electron chi connectivity index (χ3n) is 2.95. The van der Waals surface area contributed by atoms with Crippen LogP contribution in [0.25, 0.3) is 0 Å². The lowest BCUT2D eigenvalue weighted by molar-refractivity contribution is -0.124. The minimum absolute atomic E-state index is 0.0618. The van der Waals surface area contributed by atoms with Crippen molar-refractivity contribution in [3.05, 3.63) is 0 Å². The number of hydrogen-bond acceptors (Lipinski definition) is 3. The third-order valence-corrected chi connectivity index (χ3v) is 2.95. The third kappa shape index (κ3) is 3.48. The van der Waals surface area contributed by atoms with Crippen LogP contribution < -0.4 is 10.6 Å². The van der Waals surface area contributed by atoms with Crippen molar-refractivity contribution in [2.75, 3.05) is 26.2 Å². The van der Waals surface area contributed by atoms with Crippen LogP contribution in [0, 0.1) is 5.92 Å². The van der Waals surface area contributed by atoms with Crippen LogP contribution in [0.1, 0.15) is 26.7 Å². The second-order valence-electron chi connectivity index (χ2n) is 4.01. The van der Waals surface area contributed by atoms with E-state index in [2.05, 4.69) is 10.6 Å². The highest BCUT2D eigenvalue weighted by Gasteiger charge is 2.23. The number of imide groups is 1. The molecule has 0 spiro atoms. The number of urea groups is 1. The molecule has 1 rings (SSSR count). The molecule has 5 nitrogen and oxygen atoms in total. The molecule has 0 radical (unpaired) electrons. The van der Waals surface area contributed by atoms with Crippen LogP contribution in [0.15, 0.2) is 0 Å². The van der Waals surface area contributed by atoms with Crippen molar-refractivity contribution in [2.45, 2.75) is 26.7 Å². The molecule has 0 aromatic rings. The molecule has 16 heavy (non-hydrogen) atoms. The molecule has 1 fully saturated rings. The highest BCUT2D eigenvalue weighted by atomic mass is 16.2. The number of piperidine rings is 1.